The smallest absolute Gasteiger partial charge is 0.303 e. The van der Waals surface area contributed by atoms with Gasteiger partial charge in [0, 0.05) is 6.42 Å². The number of aliphatic carboxylic acids is 1. The van der Waals surface area contributed by atoms with Crippen LogP contribution in [0.15, 0.2) is 48.5 Å². The van der Waals surface area contributed by atoms with Gasteiger partial charge in [0.05, 0.1) is 0 Å². The van der Waals surface area contributed by atoms with Crippen molar-refractivity contribution in [1.29, 1.82) is 0 Å². The lowest BCUT2D eigenvalue weighted by Crippen LogP contribution is -2.09. The van der Waals surface area contributed by atoms with Gasteiger partial charge in [-0.3, -0.25) is 4.79 Å². The Kier molecular flexibility index (Phi) is 5.83. The molecule has 0 saturated heterocycles. The van der Waals surface area contributed by atoms with Crippen LogP contribution in [-0.4, -0.2) is 24.3 Å². The number of hydrogen-bond acceptors (Lipinski definition) is 3. The van der Waals surface area contributed by atoms with E-state index < -0.39 is 5.97 Å². The zero-order valence-electron chi connectivity index (χ0n) is 12.6. The lowest BCUT2D eigenvalue weighted by Gasteiger charge is -2.09. The van der Waals surface area contributed by atoms with Crippen LogP contribution in [0.4, 0.5) is 0 Å². The second kappa shape index (κ2) is 8.08. The molecule has 0 heterocycles. The van der Waals surface area contributed by atoms with Gasteiger partial charge < -0.3 is 14.6 Å². The average Bonchev–Trinajstić information content (AvgIpc) is 2.52. The number of ether oxygens (including phenoxy) is 2. The van der Waals surface area contributed by atoms with E-state index in [4.69, 9.17) is 14.6 Å². The highest BCUT2D eigenvalue weighted by Gasteiger charge is 2.01. The summed E-state index contributed by atoms with van der Waals surface area (Å²) in [6, 6.07) is 15.4. The van der Waals surface area contributed by atoms with Crippen molar-refractivity contribution in [2.24, 2.45) is 0 Å². The summed E-state index contributed by atoms with van der Waals surface area (Å²) in [4.78, 5) is 10.6. The summed E-state index contributed by atoms with van der Waals surface area (Å²) in [5.41, 5.74) is 2.15. The van der Waals surface area contributed by atoms with Crippen LogP contribution < -0.4 is 9.47 Å². The highest BCUT2D eigenvalue weighted by molar-refractivity contribution is 5.67. The van der Waals surface area contributed by atoms with Crippen molar-refractivity contribution in [3.63, 3.8) is 0 Å². The molecular weight excluding hydrogens is 280 g/mol. The molecule has 0 spiro atoms. The molecule has 0 saturated carbocycles. The Bertz CT molecular complexity index is 605. The van der Waals surface area contributed by atoms with Gasteiger partial charge >= 0.3 is 5.97 Å². The zero-order chi connectivity index (χ0) is 15.8. The van der Waals surface area contributed by atoms with Crippen LogP contribution in [0.2, 0.25) is 0 Å². The Morgan fingerprint density at radius 3 is 2.36 bits per heavy atom. The molecule has 2 aromatic carbocycles. The number of aryl methyl sites for hydroxylation is 2. The van der Waals surface area contributed by atoms with Crippen molar-refractivity contribution >= 4 is 5.97 Å². The van der Waals surface area contributed by atoms with E-state index in [0.29, 0.717) is 19.6 Å². The van der Waals surface area contributed by atoms with Crippen LogP contribution >= 0.6 is 0 Å². The Hall–Kier alpha value is -2.49. The van der Waals surface area contributed by atoms with Crippen LogP contribution in [0.25, 0.3) is 0 Å². The number of hydrogen-bond donors (Lipinski definition) is 1. The molecule has 0 bridgehead atoms. The molecule has 4 heteroatoms. The lowest BCUT2D eigenvalue weighted by molar-refractivity contribution is -0.136. The van der Waals surface area contributed by atoms with E-state index in [1.807, 2.05) is 55.5 Å². The molecule has 1 N–H and O–H groups in total. The van der Waals surface area contributed by atoms with E-state index in [-0.39, 0.29) is 6.42 Å². The highest BCUT2D eigenvalue weighted by Crippen LogP contribution is 2.15. The summed E-state index contributed by atoms with van der Waals surface area (Å²) in [5, 5.41) is 8.70. The molecule has 22 heavy (non-hydrogen) atoms. The maximum absolute atomic E-state index is 10.6. The number of carboxylic acid groups (broad SMARTS) is 1. The van der Waals surface area contributed by atoms with E-state index in [0.717, 1.165) is 17.1 Å². The highest BCUT2D eigenvalue weighted by atomic mass is 16.5. The first-order valence-electron chi connectivity index (χ1n) is 7.26. The van der Waals surface area contributed by atoms with Gasteiger partial charge in [-0.2, -0.15) is 0 Å². The van der Waals surface area contributed by atoms with Gasteiger partial charge in [0.2, 0.25) is 0 Å². The van der Waals surface area contributed by atoms with E-state index in [2.05, 4.69) is 0 Å². The summed E-state index contributed by atoms with van der Waals surface area (Å²) in [5.74, 6) is 0.762. The van der Waals surface area contributed by atoms with Crippen molar-refractivity contribution < 1.29 is 19.4 Å². The first-order chi connectivity index (χ1) is 10.6. The SMILES string of the molecule is Cc1ccc(OCCOc2cccc(CCC(=O)O)c2)cc1. The van der Waals surface area contributed by atoms with Crippen molar-refractivity contribution in [2.75, 3.05) is 13.2 Å². The molecule has 0 amide bonds. The fourth-order valence-electron chi connectivity index (χ4n) is 2.00. The van der Waals surface area contributed by atoms with E-state index in [1.165, 1.54) is 5.56 Å². The fraction of sp³-hybridized carbons (Fsp3) is 0.278. The third-order valence-electron chi connectivity index (χ3n) is 3.17. The number of carboxylic acids is 1. The number of rotatable bonds is 8. The third kappa shape index (κ3) is 5.48. The number of benzene rings is 2. The number of carbonyl (C=O) groups is 1. The predicted molar refractivity (Wildman–Crippen MR) is 84.6 cm³/mol. The van der Waals surface area contributed by atoms with Gasteiger partial charge in [-0.1, -0.05) is 29.8 Å². The maximum atomic E-state index is 10.6. The lowest BCUT2D eigenvalue weighted by atomic mass is 10.1. The van der Waals surface area contributed by atoms with Crippen molar-refractivity contribution in [1.82, 2.24) is 0 Å². The van der Waals surface area contributed by atoms with Crippen molar-refractivity contribution in [3.05, 3.63) is 59.7 Å². The summed E-state index contributed by atoms with van der Waals surface area (Å²) in [6.07, 6.45) is 0.631. The van der Waals surface area contributed by atoms with Crippen molar-refractivity contribution in [2.45, 2.75) is 19.8 Å². The first-order valence-corrected chi connectivity index (χ1v) is 7.26. The van der Waals surface area contributed by atoms with E-state index in [9.17, 15) is 4.79 Å². The van der Waals surface area contributed by atoms with Gasteiger partial charge in [0.15, 0.2) is 0 Å². The summed E-state index contributed by atoms with van der Waals surface area (Å²) < 4.78 is 11.2. The molecule has 2 rings (SSSR count). The molecule has 0 aliphatic heterocycles. The van der Waals surface area contributed by atoms with Gasteiger partial charge in [-0.15, -0.1) is 0 Å². The second-order valence-corrected chi connectivity index (χ2v) is 5.05. The molecule has 0 aromatic heterocycles. The van der Waals surface area contributed by atoms with Gasteiger partial charge in [-0.05, 0) is 43.2 Å². The van der Waals surface area contributed by atoms with Gasteiger partial charge in [0.25, 0.3) is 0 Å². The zero-order valence-corrected chi connectivity index (χ0v) is 12.6. The molecular formula is C18H20O4. The summed E-state index contributed by atoms with van der Waals surface area (Å²) in [7, 11) is 0. The van der Waals surface area contributed by atoms with Crippen molar-refractivity contribution in [3.8, 4) is 11.5 Å². The van der Waals surface area contributed by atoms with Gasteiger partial charge in [-0.25, -0.2) is 0 Å². The summed E-state index contributed by atoms with van der Waals surface area (Å²) in [6.45, 7) is 2.93. The van der Waals surface area contributed by atoms with E-state index in [1.54, 1.807) is 0 Å². The van der Waals surface area contributed by atoms with Gasteiger partial charge in [0.1, 0.15) is 24.7 Å². The molecule has 0 radical (unpaired) electrons. The average molecular weight is 300 g/mol. The predicted octanol–water partition coefficient (Wildman–Crippen LogP) is 3.47. The molecule has 0 atom stereocenters. The minimum atomic E-state index is -0.794. The topological polar surface area (TPSA) is 55.8 Å². The Balaban J connectivity index is 1.75. The molecule has 2 aromatic rings. The maximum Gasteiger partial charge on any atom is 0.303 e. The summed E-state index contributed by atoms with van der Waals surface area (Å²) >= 11 is 0. The normalized spacial score (nSPS) is 10.2. The minimum absolute atomic E-state index is 0.125. The molecule has 0 aliphatic carbocycles. The fourth-order valence-corrected chi connectivity index (χ4v) is 2.00. The van der Waals surface area contributed by atoms with Crippen LogP contribution in [-0.2, 0) is 11.2 Å². The second-order valence-electron chi connectivity index (χ2n) is 5.05. The Morgan fingerprint density at radius 2 is 1.68 bits per heavy atom. The molecule has 0 fully saturated rings. The van der Waals surface area contributed by atoms with Crippen LogP contribution in [0.1, 0.15) is 17.5 Å². The monoisotopic (exact) mass is 300 g/mol. The molecule has 116 valence electrons. The third-order valence-corrected chi connectivity index (χ3v) is 3.17. The van der Waals surface area contributed by atoms with Crippen LogP contribution in [0.3, 0.4) is 0 Å². The largest absolute Gasteiger partial charge is 0.490 e. The first kappa shape index (κ1) is 15.9. The molecule has 0 aliphatic rings. The van der Waals surface area contributed by atoms with Crippen LogP contribution in [0, 0.1) is 6.92 Å². The molecule has 0 unspecified atom stereocenters. The van der Waals surface area contributed by atoms with E-state index >= 15 is 0 Å². The standard InChI is InChI=1S/C18H20O4/c1-14-5-8-16(9-6-14)21-11-12-22-17-4-2-3-15(13-17)7-10-18(19)20/h2-6,8-9,13H,7,10-12H2,1H3,(H,19,20). The Morgan fingerprint density at radius 1 is 1.00 bits per heavy atom. The quantitative estimate of drug-likeness (QED) is 0.758. The molecule has 4 nitrogen and oxygen atoms in total. The minimum Gasteiger partial charge on any atom is -0.490 e. The van der Waals surface area contributed by atoms with Crippen LogP contribution in [0.5, 0.6) is 11.5 Å². The Labute approximate surface area is 130 Å².